The topological polar surface area (TPSA) is 112 Å². The minimum atomic E-state index is -0.0539. The van der Waals surface area contributed by atoms with Crippen molar-refractivity contribution in [1.82, 2.24) is 15.8 Å². The van der Waals surface area contributed by atoms with Crippen LogP contribution in [0.5, 0.6) is 5.75 Å². The molecule has 1 saturated heterocycles. The van der Waals surface area contributed by atoms with Crippen molar-refractivity contribution in [1.29, 1.82) is 5.41 Å². The highest BCUT2D eigenvalue weighted by molar-refractivity contribution is 6.13. The molecule has 0 radical (unpaired) electrons. The van der Waals surface area contributed by atoms with E-state index in [1.165, 1.54) is 0 Å². The Hall–Kier alpha value is -2.09. The van der Waals surface area contributed by atoms with Crippen molar-refractivity contribution in [2.75, 3.05) is 18.8 Å². The van der Waals surface area contributed by atoms with Gasteiger partial charge in [-0.3, -0.25) is 10.3 Å². The average molecular weight is 342 g/mol. The third kappa shape index (κ3) is 3.35. The van der Waals surface area contributed by atoms with Gasteiger partial charge in [-0.15, -0.1) is 0 Å². The van der Waals surface area contributed by atoms with Gasteiger partial charge < -0.3 is 21.6 Å². The third-order valence-corrected chi connectivity index (χ3v) is 5.21. The van der Waals surface area contributed by atoms with Crippen molar-refractivity contribution in [2.45, 2.75) is 44.0 Å². The predicted octanol–water partition coefficient (Wildman–Crippen LogP) is 0.919. The maximum absolute atomic E-state index is 8.56. The normalized spacial score (nSPS) is 27.7. The number of anilines is 1. The molecule has 1 aromatic carbocycles. The minimum absolute atomic E-state index is 0.0509. The van der Waals surface area contributed by atoms with Crippen LogP contribution in [0.2, 0.25) is 0 Å². The van der Waals surface area contributed by atoms with E-state index in [-0.39, 0.29) is 17.8 Å². The highest BCUT2D eigenvalue weighted by atomic mass is 16.5. The number of hydrogen-bond acceptors (Lipinski definition) is 7. The van der Waals surface area contributed by atoms with E-state index in [0.29, 0.717) is 17.0 Å². The molecule has 2 heterocycles. The molecule has 1 aromatic rings. The Morgan fingerprint density at radius 1 is 1.40 bits per heavy atom. The first-order valence-electron chi connectivity index (χ1n) is 8.84. The highest BCUT2D eigenvalue weighted by Gasteiger charge is 2.40. The van der Waals surface area contributed by atoms with E-state index in [1.807, 2.05) is 24.3 Å². The highest BCUT2D eigenvalue weighted by Crippen LogP contribution is 2.40. The molecule has 2 atom stereocenters. The molecule has 2 fully saturated rings. The van der Waals surface area contributed by atoms with Crippen LogP contribution in [0.4, 0.5) is 5.69 Å². The van der Waals surface area contributed by atoms with Gasteiger partial charge in [0.1, 0.15) is 11.4 Å². The Kier molecular flexibility index (Phi) is 3.94. The molecular formula is C18H26N6O. The maximum atomic E-state index is 8.56. The fraction of sp³-hybridized carbons (Fsp3) is 0.500. The van der Waals surface area contributed by atoms with Gasteiger partial charge in [-0.25, -0.2) is 5.43 Å². The number of benzene rings is 1. The summed E-state index contributed by atoms with van der Waals surface area (Å²) in [6, 6.07) is 5.78. The molecule has 0 aromatic heterocycles. The number of ether oxygens (including phenoxy) is 1. The summed E-state index contributed by atoms with van der Waals surface area (Å²) in [5.41, 5.74) is 20.7. The largest absolute Gasteiger partial charge is 0.488 e. The number of allylic oxidation sites excluding steroid dienone is 1. The number of rotatable bonds is 5. The van der Waals surface area contributed by atoms with E-state index in [9.17, 15) is 0 Å². The smallest absolute Gasteiger partial charge is 0.120 e. The Morgan fingerprint density at radius 3 is 2.88 bits per heavy atom. The number of hydrazine groups is 1. The second-order valence-corrected chi connectivity index (χ2v) is 7.51. The number of nitrogens with two attached hydrogens (primary N) is 2. The van der Waals surface area contributed by atoms with Gasteiger partial charge in [0, 0.05) is 30.4 Å². The van der Waals surface area contributed by atoms with Crippen LogP contribution in [-0.2, 0) is 0 Å². The predicted molar refractivity (Wildman–Crippen MR) is 98.3 cm³/mol. The molecule has 0 bridgehead atoms. The molecule has 2 unspecified atom stereocenters. The molecular weight excluding hydrogens is 316 g/mol. The first-order valence-corrected chi connectivity index (χ1v) is 8.84. The summed E-state index contributed by atoms with van der Waals surface area (Å²) in [4.78, 5) is 2.27. The second-order valence-electron chi connectivity index (χ2n) is 7.51. The van der Waals surface area contributed by atoms with Crippen LogP contribution in [-0.4, -0.2) is 41.5 Å². The summed E-state index contributed by atoms with van der Waals surface area (Å²) in [5.74, 6) is 0.766. The fourth-order valence-electron chi connectivity index (χ4n) is 3.33. The number of nitrogen functional groups attached to an aromatic ring is 1. The van der Waals surface area contributed by atoms with Gasteiger partial charge in [0.15, 0.2) is 0 Å². The Labute approximate surface area is 147 Å². The van der Waals surface area contributed by atoms with E-state index in [2.05, 4.69) is 22.7 Å². The average Bonchev–Trinajstić information content (AvgIpc) is 3.00. The lowest BCUT2D eigenvalue weighted by molar-refractivity contribution is 0.200. The maximum Gasteiger partial charge on any atom is 0.120 e. The van der Waals surface area contributed by atoms with Gasteiger partial charge in [-0.1, -0.05) is 0 Å². The summed E-state index contributed by atoms with van der Waals surface area (Å²) in [7, 11) is 0. The standard InChI is InChI=1S/C18H26N6O/c1-18(5-6-18)25-12-2-3-14(20)13(8-12)17(21)15-9-16(23-22-15)24-7-4-11(19)10-24/h2-3,8-9,11,16,21-23H,4-7,10,19-20H2,1H3. The van der Waals surface area contributed by atoms with Crippen LogP contribution in [0.1, 0.15) is 31.7 Å². The molecule has 4 rings (SSSR count). The molecule has 25 heavy (non-hydrogen) atoms. The van der Waals surface area contributed by atoms with Crippen molar-refractivity contribution >= 4 is 11.4 Å². The lowest BCUT2D eigenvalue weighted by Gasteiger charge is -2.21. The van der Waals surface area contributed by atoms with Gasteiger partial charge in [-0.05, 0) is 50.5 Å². The van der Waals surface area contributed by atoms with Crippen LogP contribution < -0.4 is 27.1 Å². The molecule has 0 spiro atoms. The summed E-state index contributed by atoms with van der Waals surface area (Å²) in [6.07, 6.45) is 5.22. The van der Waals surface area contributed by atoms with Gasteiger partial charge in [-0.2, -0.15) is 0 Å². The van der Waals surface area contributed by atoms with E-state index in [4.69, 9.17) is 21.6 Å². The molecule has 1 aliphatic carbocycles. The number of likely N-dealkylation sites (tertiary alicyclic amines) is 1. The lowest BCUT2D eigenvalue weighted by Crippen LogP contribution is -2.45. The van der Waals surface area contributed by atoms with Crippen LogP contribution in [0, 0.1) is 5.41 Å². The SMILES string of the molecule is CC1(Oc2ccc(N)c(C(=N)C3=CC(N4CCC(N)C4)NN3)c2)CC1. The Morgan fingerprint density at radius 2 is 2.20 bits per heavy atom. The lowest BCUT2D eigenvalue weighted by atomic mass is 10.0. The molecule has 2 aliphatic heterocycles. The monoisotopic (exact) mass is 342 g/mol. The van der Waals surface area contributed by atoms with E-state index in [1.54, 1.807) is 0 Å². The van der Waals surface area contributed by atoms with Crippen molar-refractivity contribution in [2.24, 2.45) is 5.73 Å². The molecule has 3 aliphatic rings. The van der Waals surface area contributed by atoms with Gasteiger partial charge in [0.2, 0.25) is 0 Å². The van der Waals surface area contributed by atoms with Gasteiger partial charge in [0.05, 0.1) is 17.6 Å². The number of nitrogens with one attached hydrogen (secondary N) is 3. The molecule has 7 nitrogen and oxygen atoms in total. The van der Waals surface area contributed by atoms with Crippen molar-refractivity contribution in [3.63, 3.8) is 0 Å². The van der Waals surface area contributed by atoms with Crippen molar-refractivity contribution in [3.8, 4) is 5.75 Å². The summed E-state index contributed by atoms with van der Waals surface area (Å²) >= 11 is 0. The quantitative estimate of drug-likeness (QED) is 0.402. The molecule has 1 saturated carbocycles. The van der Waals surface area contributed by atoms with E-state index < -0.39 is 0 Å². The third-order valence-electron chi connectivity index (χ3n) is 5.21. The molecule has 134 valence electrons. The van der Waals surface area contributed by atoms with Crippen molar-refractivity contribution in [3.05, 3.63) is 35.5 Å². The summed E-state index contributed by atoms with van der Waals surface area (Å²) in [5, 5.41) is 8.56. The van der Waals surface area contributed by atoms with Gasteiger partial charge >= 0.3 is 0 Å². The van der Waals surface area contributed by atoms with Gasteiger partial charge in [0.25, 0.3) is 0 Å². The zero-order chi connectivity index (χ0) is 17.6. The van der Waals surface area contributed by atoms with E-state index >= 15 is 0 Å². The zero-order valence-electron chi connectivity index (χ0n) is 14.5. The Balaban J connectivity index is 1.51. The Bertz CT molecular complexity index is 726. The first kappa shape index (κ1) is 16.4. The fourth-order valence-corrected chi connectivity index (χ4v) is 3.33. The van der Waals surface area contributed by atoms with Crippen LogP contribution in [0.15, 0.2) is 30.0 Å². The summed E-state index contributed by atoms with van der Waals surface area (Å²) < 4.78 is 6.01. The van der Waals surface area contributed by atoms with Crippen molar-refractivity contribution < 1.29 is 4.74 Å². The molecule has 0 amide bonds. The number of nitrogens with zero attached hydrogens (tertiary/aromatic N) is 1. The molecule has 7 heteroatoms. The van der Waals surface area contributed by atoms with Crippen LogP contribution in [0.25, 0.3) is 0 Å². The zero-order valence-corrected chi connectivity index (χ0v) is 14.5. The number of hydrogen-bond donors (Lipinski definition) is 5. The second kappa shape index (κ2) is 6.01. The molecule has 7 N–H and O–H groups in total. The minimum Gasteiger partial charge on any atom is -0.488 e. The van der Waals surface area contributed by atoms with E-state index in [0.717, 1.165) is 43.8 Å². The van der Waals surface area contributed by atoms with Crippen LogP contribution in [0.3, 0.4) is 0 Å². The first-order chi connectivity index (χ1) is 11.9. The summed E-state index contributed by atoms with van der Waals surface area (Å²) in [6.45, 7) is 3.92. The van der Waals surface area contributed by atoms with Crippen LogP contribution >= 0.6 is 0 Å².